The van der Waals surface area contributed by atoms with Gasteiger partial charge in [0.1, 0.15) is 0 Å². The maximum atomic E-state index is 12.0. The highest BCUT2D eigenvalue weighted by molar-refractivity contribution is 5.93. The van der Waals surface area contributed by atoms with Crippen molar-refractivity contribution in [3.8, 4) is 0 Å². The van der Waals surface area contributed by atoms with E-state index in [-0.39, 0.29) is 6.61 Å². The molecule has 0 radical (unpaired) electrons. The van der Waals surface area contributed by atoms with Crippen LogP contribution in [0.4, 0.5) is 10.5 Å². The number of anilines is 1. The number of esters is 1. The van der Waals surface area contributed by atoms with Crippen molar-refractivity contribution in [2.75, 3.05) is 18.5 Å². The van der Waals surface area contributed by atoms with Gasteiger partial charge in [-0.05, 0) is 33.3 Å². The van der Waals surface area contributed by atoms with Crippen molar-refractivity contribution in [1.82, 2.24) is 4.98 Å². The molecule has 27 heavy (non-hydrogen) atoms. The van der Waals surface area contributed by atoms with Crippen molar-refractivity contribution in [3.05, 3.63) is 23.0 Å². The van der Waals surface area contributed by atoms with Crippen molar-refractivity contribution >= 4 is 17.7 Å². The molecule has 1 rings (SSSR count). The van der Waals surface area contributed by atoms with E-state index in [4.69, 9.17) is 9.47 Å². The summed E-state index contributed by atoms with van der Waals surface area (Å²) in [7, 11) is 0. The van der Waals surface area contributed by atoms with Crippen LogP contribution < -0.4 is 5.32 Å². The lowest BCUT2D eigenvalue weighted by Crippen LogP contribution is -2.17. The molecule has 0 atom stereocenters. The molecule has 0 bridgehead atoms. The second kappa shape index (κ2) is 13.1. The molecule has 1 N–H and O–H groups in total. The van der Waals surface area contributed by atoms with E-state index >= 15 is 0 Å². The fourth-order valence-electron chi connectivity index (χ4n) is 2.81. The van der Waals surface area contributed by atoms with Crippen LogP contribution in [0.3, 0.4) is 0 Å². The summed E-state index contributed by atoms with van der Waals surface area (Å²) in [5.74, 6) is -0.446. The number of aromatic nitrogens is 1. The van der Waals surface area contributed by atoms with Crippen molar-refractivity contribution in [2.24, 2.45) is 0 Å². The minimum absolute atomic E-state index is 0.287. The van der Waals surface area contributed by atoms with E-state index in [1.807, 2.05) is 0 Å². The van der Waals surface area contributed by atoms with Crippen LogP contribution >= 0.6 is 0 Å². The summed E-state index contributed by atoms with van der Waals surface area (Å²) in [4.78, 5) is 28.3. The van der Waals surface area contributed by atoms with Gasteiger partial charge in [-0.1, -0.05) is 51.9 Å². The quantitative estimate of drug-likeness (QED) is 0.380. The van der Waals surface area contributed by atoms with E-state index in [1.54, 1.807) is 26.8 Å². The molecule has 0 saturated carbocycles. The molecule has 0 unspecified atom stereocenters. The zero-order valence-electron chi connectivity index (χ0n) is 17.2. The number of carbonyl (C=O) groups excluding carboxylic acids is 2. The highest BCUT2D eigenvalue weighted by Crippen LogP contribution is 2.19. The summed E-state index contributed by atoms with van der Waals surface area (Å²) in [6.07, 6.45) is 9.01. The van der Waals surface area contributed by atoms with Crippen LogP contribution in [0, 0.1) is 13.8 Å². The van der Waals surface area contributed by atoms with Gasteiger partial charge in [0.2, 0.25) is 0 Å². The van der Waals surface area contributed by atoms with Gasteiger partial charge >= 0.3 is 12.1 Å². The minimum Gasteiger partial charge on any atom is -0.462 e. The molecule has 0 aliphatic rings. The molecule has 1 aromatic heterocycles. The molecule has 0 saturated heterocycles. The number of nitrogens with one attached hydrogen (secondary N) is 1. The maximum Gasteiger partial charge on any atom is 0.411 e. The summed E-state index contributed by atoms with van der Waals surface area (Å²) in [6, 6.07) is 1.59. The Morgan fingerprint density at radius 2 is 1.56 bits per heavy atom. The predicted molar refractivity (Wildman–Crippen MR) is 107 cm³/mol. The van der Waals surface area contributed by atoms with Crippen molar-refractivity contribution in [2.45, 2.75) is 79.1 Å². The van der Waals surface area contributed by atoms with Crippen molar-refractivity contribution in [1.29, 1.82) is 0 Å². The van der Waals surface area contributed by atoms with Gasteiger partial charge in [0.15, 0.2) is 0 Å². The summed E-state index contributed by atoms with van der Waals surface area (Å²) in [5, 5.41) is 2.67. The largest absolute Gasteiger partial charge is 0.462 e. The van der Waals surface area contributed by atoms with E-state index in [9.17, 15) is 9.59 Å². The zero-order chi connectivity index (χ0) is 20.1. The standard InChI is InChI=1S/C21H34N2O4/c1-5-7-8-9-10-11-12-13-14-27-21(25)23-19-15-18(20(24)26-6-2)16(3)22-17(19)4/h15H,5-14H2,1-4H3,(H,23,25). The molecule has 0 aliphatic carbocycles. The monoisotopic (exact) mass is 378 g/mol. The number of ether oxygens (including phenoxy) is 2. The fourth-order valence-corrected chi connectivity index (χ4v) is 2.81. The van der Waals surface area contributed by atoms with E-state index < -0.39 is 12.1 Å². The zero-order valence-corrected chi connectivity index (χ0v) is 17.2. The Morgan fingerprint density at radius 3 is 2.19 bits per heavy atom. The van der Waals surface area contributed by atoms with Gasteiger partial charge in [0.05, 0.1) is 35.9 Å². The van der Waals surface area contributed by atoms with Gasteiger partial charge in [-0.15, -0.1) is 0 Å². The average molecular weight is 379 g/mol. The Morgan fingerprint density at radius 1 is 0.926 bits per heavy atom. The molecule has 6 heteroatoms. The number of pyridine rings is 1. The van der Waals surface area contributed by atoms with Crippen LogP contribution in [0.1, 0.15) is 87.0 Å². The Labute approximate surface area is 163 Å². The van der Waals surface area contributed by atoms with Gasteiger partial charge in [-0.3, -0.25) is 10.3 Å². The third-order valence-electron chi connectivity index (χ3n) is 4.37. The van der Waals surface area contributed by atoms with Crippen LogP contribution in [0.2, 0.25) is 0 Å². The number of hydrogen-bond donors (Lipinski definition) is 1. The summed E-state index contributed by atoms with van der Waals surface area (Å²) < 4.78 is 10.2. The van der Waals surface area contributed by atoms with E-state index in [0.29, 0.717) is 29.2 Å². The predicted octanol–water partition coefficient (Wildman–Crippen LogP) is 5.56. The van der Waals surface area contributed by atoms with Gasteiger partial charge < -0.3 is 9.47 Å². The molecular weight excluding hydrogens is 344 g/mol. The second-order valence-corrected chi connectivity index (χ2v) is 6.71. The smallest absolute Gasteiger partial charge is 0.411 e. The summed E-state index contributed by atoms with van der Waals surface area (Å²) >= 11 is 0. The first-order valence-corrected chi connectivity index (χ1v) is 10.1. The maximum absolute atomic E-state index is 12.0. The number of unbranched alkanes of at least 4 members (excludes halogenated alkanes) is 7. The van der Waals surface area contributed by atoms with Crippen LogP contribution in [0.15, 0.2) is 6.07 Å². The molecule has 0 fully saturated rings. The van der Waals surface area contributed by atoms with E-state index in [2.05, 4.69) is 17.2 Å². The lowest BCUT2D eigenvalue weighted by molar-refractivity contribution is 0.0525. The summed E-state index contributed by atoms with van der Waals surface area (Å²) in [6.45, 7) is 8.16. The lowest BCUT2D eigenvalue weighted by atomic mass is 10.1. The SMILES string of the molecule is CCCCCCCCCCOC(=O)Nc1cc(C(=O)OCC)c(C)nc1C. The summed E-state index contributed by atoms with van der Waals surface area (Å²) in [5.41, 5.74) is 2.01. The Balaban J connectivity index is 2.37. The molecule has 0 aliphatic heterocycles. The topological polar surface area (TPSA) is 77.5 Å². The molecule has 1 amide bonds. The fraction of sp³-hybridized carbons (Fsp3) is 0.667. The lowest BCUT2D eigenvalue weighted by Gasteiger charge is -2.12. The Bertz CT molecular complexity index is 602. The minimum atomic E-state index is -0.526. The molecule has 152 valence electrons. The first kappa shape index (κ1) is 22.9. The highest BCUT2D eigenvalue weighted by atomic mass is 16.5. The van der Waals surface area contributed by atoms with Crippen LogP contribution in [0.5, 0.6) is 0 Å². The molecule has 0 spiro atoms. The van der Waals surface area contributed by atoms with E-state index in [0.717, 1.165) is 12.8 Å². The number of amides is 1. The molecule has 1 aromatic rings. The molecule has 1 heterocycles. The van der Waals surface area contributed by atoms with Gasteiger partial charge in [0, 0.05) is 0 Å². The average Bonchev–Trinajstić information content (AvgIpc) is 2.62. The molecule has 0 aromatic carbocycles. The van der Waals surface area contributed by atoms with Crippen molar-refractivity contribution in [3.63, 3.8) is 0 Å². The third-order valence-corrected chi connectivity index (χ3v) is 4.37. The first-order chi connectivity index (χ1) is 13.0. The number of aryl methyl sites for hydroxylation is 2. The molecule has 6 nitrogen and oxygen atoms in total. The van der Waals surface area contributed by atoms with Crippen LogP contribution in [-0.4, -0.2) is 30.3 Å². The van der Waals surface area contributed by atoms with Crippen LogP contribution in [0.25, 0.3) is 0 Å². The normalized spacial score (nSPS) is 10.5. The number of carbonyl (C=O) groups is 2. The Kier molecular flexibility index (Phi) is 11.1. The number of rotatable bonds is 12. The third kappa shape index (κ3) is 8.89. The van der Waals surface area contributed by atoms with Gasteiger partial charge in [0.25, 0.3) is 0 Å². The van der Waals surface area contributed by atoms with Crippen molar-refractivity contribution < 1.29 is 19.1 Å². The Hall–Kier alpha value is -2.11. The molecular formula is C21H34N2O4. The van der Waals surface area contributed by atoms with Gasteiger partial charge in [-0.2, -0.15) is 0 Å². The van der Waals surface area contributed by atoms with E-state index in [1.165, 1.54) is 38.5 Å². The first-order valence-electron chi connectivity index (χ1n) is 10.1. The van der Waals surface area contributed by atoms with Gasteiger partial charge in [-0.25, -0.2) is 9.59 Å². The van der Waals surface area contributed by atoms with Crippen LogP contribution in [-0.2, 0) is 9.47 Å². The second-order valence-electron chi connectivity index (χ2n) is 6.71. The number of hydrogen-bond acceptors (Lipinski definition) is 5. The highest BCUT2D eigenvalue weighted by Gasteiger charge is 2.16. The number of nitrogens with zero attached hydrogens (tertiary/aromatic N) is 1.